The van der Waals surface area contributed by atoms with Gasteiger partial charge in [-0.05, 0) is 35.9 Å². The van der Waals surface area contributed by atoms with Gasteiger partial charge in [0.15, 0.2) is 5.96 Å². The molecule has 2 aromatic carbocycles. The Bertz CT molecular complexity index is 869. The van der Waals surface area contributed by atoms with E-state index in [-0.39, 0.29) is 24.0 Å². The van der Waals surface area contributed by atoms with Gasteiger partial charge in [-0.15, -0.1) is 35.3 Å². The monoisotopic (exact) mass is 539 g/mol. The SMILES string of the molecule is CN=C(NCCCCOCc1ccccc1)NCC(O)c1cc2ccccc2s1.I. The molecule has 162 valence electrons. The summed E-state index contributed by atoms with van der Waals surface area (Å²) >= 11 is 1.63. The van der Waals surface area contributed by atoms with Gasteiger partial charge in [-0.3, -0.25) is 4.99 Å². The largest absolute Gasteiger partial charge is 0.386 e. The molecule has 7 heteroatoms. The molecule has 0 spiro atoms. The van der Waals surface area contributed by atoms with Gasteiger partial charge in [-0.25, -0.2) is 0 Å². The first-order valence-corrected chi connectivity index (χ1v) is 10.8. The fraction of sp³-hybridized carbons (Fsp3) is 0.348. The second-order valence-electron chi connectivity index (χ2n) is 6.83. The van der Waals surface area contributed by atoms with Crippen LogP contribution in [0.1, 0.15) is 29.4 Å². The number of hydrogen-bond donors (Lipinski definition) is 3. The molecule has 0 saturated heterocycles. The van der Waals surface area contributed by atoms with Crippen molar-refractivity contribution in [2.75, 3.05) is 26.7 Å². The maximum Gasteiger partial charge on any atom is 0.191 e. The van der Waals surface area contributed by atoms with E-state index in [0.717, 1.165) is 30.9 Å². The van der Waals surface area contributed by atoms with Crippen molar-refractivity contribution < 1.29 is 9.84 Å². The van der Waals surface area contributed by atoms with Gasteiger partial charge >= 0.3 is 0 Å². The lowest BCUT2D eigenvalue weighted by Crippen LogP contribution is -2.39. The van der Waals surface area contributed by atoms with Crippen LogP contribution in [-0.4, -0.2) is 37.8 Å². The normalized spacial score (nSPS) is 12.4. The van der Waals surface area contributed by atoms with Gasteiger partial charge in [-0.2, -0.15) is 0 Å². The van der Waals surface area contributed by atoms with Gasteiger partial charge in [-0.1, -0.05) is 48.5 Å². The number of guanidine groups is 1. The Kier molecular flexibility index (Phi) is 11.1. The smallest absolute Gasteiger partial charge is 0.191 e. The number of ether oxygens (including phenoxy) is 1. The summed E-state index contributed by atoms with van der Waals surface area (Å²) in [6.45, 7) is 2.64. The van der Waals surface area contributed by atoms with E-state index in [4.69, 9.17) is 4.74 Å². The van der Waals surface area contributed by atoms with Gasteiger partial charge < -0.3 is 20.5 Å². The van der Waals surface area contributed by atoms with Crippen molar-refractivity contribution in [1.29, 1.82) is 0 Å². The molecular formula is C23H30IN3O2S. The second kappa shape index (κ2) is 13.6. The minimum absolute atomic E-state index is 0. The van der Waals surface area contributed by atoms with E-state index in [0.29, 0.717) is 19.1 Å². The van der Waals surface area contributed by atoms with Crippen LogP contribution in [0.5, 0.6) is 0 Å². The summed E-state index contributed by atoms with van der Waals surface area (Å²) in [5.41, 5.74) is 1.20. The van der Waals surface area contributed by atoms with Crippen molar-refractivity contribution >= 4 is 51.4 Å². The lowest BCUT2D eigenvalue weighted by atomic mass is 10.2. The van der Waals surface area contributed by atoms with E-state index >= 15 is 0 Å². The molecular weight excluding hydrogens is 509 g/mol. The van der Waals surface area contributed by atoms with Crippen molar-refractivity contribution in [1.82, 2.24) is 10.6 Å². The van der Waals surface area contributed by atoms with E-state index in [1.165, 1.54) is 15.6 Å². The van der Waals surface area contributed by atoms with E-state index in [2.05, 4.69) is 46.0 Å². The molecule has 3 N–H and O–H groups in total. The van der Waals surface area contributed by atoms with Crippen LogP contribution in [0, 0.1) is 0 Å². The first-order valence-electron chi connectivity index (χ1n) is 9.99. The van der Waals surface area contributed by atoms with Crippen molar-refractivity contribution in [2.45, 2.75) is 25.6 Å². The Hall–Kier alpha value is -1.68. The maximum atomic E-state index is 10.5. The fourth-order valence-corrected chi connectivity index (χ4v) is 4.03. The number of thiophene rings is 1. The summed E-state index contributed by atoms with van der Waals surface area (Å²) in [5.74, 6) is 0.704. The number of aliphatic hydroxyl groups is 1. The zero-order valence-electron chi connectivity index (χ0n) is 17.2. The molecule has 1 heterocycles. The predicted molar refractivity (Wildman–Crippen MR) is 137 cm³/mol. The first-order chi connectivity index (χ1) is 14.3. The van der Waals surface area contributed by atoms with E-state index < -0.39 is 6.10 Å². The van der Waals surface area contributed by atoms with E-state index in [1.54, 1.807) is 18.4 Å². The quantitative estimate of drug-likeness (QED) is 0.151. The summed E-state index contributed by atoms with van der Waals surface area (Å²) < 4.78 is 6.89. The molecule has 0 aliphatic carbocycles. The number of aliphatic hydroxyl groups excluding tert-OH is 1. The number of fused-ring (bicyclic) bond motifs is 1. The van der Waals surface area contributed by atoms with Gasteiger partial charge in [0.25, 0.3) is 0 Å². The van der Waals surface area contributed by atoms with Crippen LogP contribution in [0.4, 0.5) is 0 Å². The highest BCUT2D eigenvalue weighted by molar-refractivity contribution is 14.0. The Morgan fingerprint density at radius 1 is 1.07 bits per heavy atom. The third-order valence-electron chi connectivity index (χ3n) is 4.58. The highest BCUT2D eigenvalue weighted by Gasteiger charge is 2.12. The molecule has 0 fully saturated rings. The Morgan fingerprint density at radius 3 is 2.60 bits per heavy atom. The lowest BCUT2D eigenvalue weighted by Gasteiger charge is -2.14. The molecule has 0 aliphatic heterocycles. The summed E-state index contributed by atoms with van der Waals surface area (Å²) in [6, 6.07) is 20.4. The third kappa shape index (κ3) is 7.86. The highest BCUT2D eigenvalue weighted by atomic mass is 127. The van der Waals surface area contributed by atoms with Gasteiger partial charge in [0.1, 0.15) is 6.10 Å². The van der Waals surface area contributed by atoms with Crippen LogP contribution in [0.15, 0.2) is 65.7 Å². The minimum Gasteiger partial charge on any atom is -0.386 e. The van der Waals surface area contributed by atoms with Crippen LogP contribution < -0.4 is 10.6 Å². The van der Waals surface area contributed by atoms with E-state index in [1.807, 2.05) is 30.3 Å². The molecule has 1 atom stereocenters. The molecule has 0 amide bonds. The molecule has 0 radical (unpaired) electrons. The molecule has 5 nitrogen and oxygen atoms in total. The molecule has 3 rings (SSSR count). The van der Waals surface area contributed by atoms with Crippen LogP contribution in [-0.2, 0) is 11.3 Å². The molecule has 1 aromatic heterocycles. The van der Waals surface area contributed by atoms with Crippen LogP contribution in [0.2, 0.25) is 0 Å². The number of nitrogens with zero attached hydrogens (tertiary/aromatic N) is 1. The van der Waals surface area contributed by atoms with E-state index in [9.17, 15) is 5.11 Å². The summed E-state index contributed by atoms with van der Waals surface area (Å²) in [5, 5.41) is 18.1. The predicted octanol–water partition coefficient (Wildman–Crippen LogP) is 4.71. The molecule has 30 heavy (non-hydrogen) atoms. The topological polar surface area (TPSA) is 65.9 Å². The Labute approximate surface area is 199 Å². The summed E-state index contributed by atoms with van der Waals surface area (Å²) in [7, 11) is 1.74. The number of unbranched alkanes of at least 4 members (excludes halogenated alkanes) is 1. The number of aliphatic imine (C=N–C) groups is 1. The average Bonchev–Trinajstić information content (AvgIpc) is 3.20. The number of rotatable bonds is 10. The van der Waals surface area contributed by atoms with Gasteiger partial charge in [0.2, 0.25) is 0 Å². The highest BCUT2D eigenvalue weighted by Crippen LogP contribution is 2.29. The summed E-state index contributed by atoms with van der Waals surface area (Å²) in [4.78, 5) is 5.19. The second-order valence-corrected chi connectivity index (χ2v) is 7.94. The van der Waals surface area contributed by atoms with Crippen molar-refractivity contribution in [3.05, 3.63) is 71.1 Å². The van der Waals surface area contributed by atoms with Crippen molar-refractivity contribution in [2.24, 2.45) is 4.99 Å². The molecule has 0 bridgehead atoms. The number of nitrogens with one attached hydrogen (secondary N) is 2. The fourth-order valence-electron chi connectivity index (χ4n) is 2.98. The number of benzene rings is 2. The lowest BCUT2D eigenvalue weighted by molar-refractivity contribution is 0.117. The first kappa shape index (κ1) is 24.6. The maximum absolute atomic E-state index is 10.5. The number of halogens is 1. The van der Waals surface area contributed by atoms with Crippen LogP contribution in [0.3, 0.4) is 0 Å². The molecule has 1 unspecified atom stereocenters. The zero-order valence-corrected chi connectivity index (χ0v) is 20.4. The zero-order chi connectivity index (χ0) is 20.3. The third-order valence-corrected chi connectivity index (χ3v) is 5.80. The minimum atomic E-state index is -0.558. The average molecular weight is 539 g/mol. The summed E-state index contributed by atoms with van der Waals surface area (Å²) in [6.07, 6.45) is 1.42. The molecule has 3 aromatic rings. The molecule has 0 saturated carbocycles. The van der Waals surface area contributed by atoms with Crippen LogP contribution >= 0.6 is 35.3 Å². The van der Waals surface area contributed by atoms with Crippen LogP contribution in [0.25, 0.3) is 10.1 Å². The number of hydrogen-bond acceptors (Lipinski definition) is 4. The van der Waals surface area contributed by atoms with Crippen molar-refractivity contribution in [3.63, 3.8) is 0 Å². The Balaban J connectivity index is 0.00000320. The van der Waals surface area contributed by atoms with Gasteiger partial charge in [0, 0.05) is 36.3 Å². The van der Waals surface area contributed by atoms with Crippen molar-refractivity contribution in [3.8, 4) is 0 Å². The van der Waals surface area contributed by atoms with Gasteiger partial charge in [0.05, 0.1) is 6.61 Å². The standard InChI is InChI=1S/C23H29N3O2S.HI/c1-24-23(25-13-7-8-14-28-17-18-9-3-2-4-10-18)26-16-20(27)22-15-19-11-5-6-12-21(19)29-22;/h2-6,9-12,15,20,27H,7-8,13-14,16-17H2,1H3,(H2,24,25,26);1H. The molecule has 0 aliphatic rings. The Morgan fingerprint density at radius 2 is 1.83 bits per heavy atom.